The molecule has 0 unspecified atom stereocenters. The van der Waals surface area contributed by atoms with Gasteiger partial charge in [0.05, 0.1) is 5.52 Å². The highest BCUT2D eigenvalue weighted by atomic mass is 19.1. The number of aryl methyl sites for hydroxylation is 3. The lowest BCUT2D eigenvalue weighted by atomic mass is 9.92. The maximum Gasteiger partial charge on any atom is 0.228 e. The monoisotopic (exact) mass is 398 g/mol. The first-order valence-electron chi connectivity index (χ1n) is 9.85. The maximum absolute atomic E-state index is 14.4. The Hall–Kier alpha value is -3.60. The molecule has 4 aromatic rings. The van der Waals surface area contributed by atoms with Crippen molar-refractivity contribution in [3.8, 4) is 11.1 Å². The molecule has 0 amide bonds. The van der Waals surface area contributed by atoms with Crippen LogP contribution in [-0.4, -0.2) is 15.0 Å². The van der Waals surface area contributed by atoms with Crippen molar-refractivity contribution in [1.29, 1.82) is 0 Å². The highest BCUT2D eigenvalue weighted by Crippen LogP contribution is 2.34. The second-order valence-electron chi connectivity index (χ2n) is 7.46. The third kappa shape index (κ3) is 3.92. The van der Waals surface area contributed by atoms with Crippen LogP contribution >= 0.6 is 0 Å². The summed E-state index contributed by atoms with van der Waals surface area (Å²) < 4.78 is 14.4. The van der Waals surface area contributed by atoms with E-state index in [0.717, 1.165) is 33.4 Å². The lowest BCUT2D eigenvalue weighted by Crippen LogP contribution is -2.01. The third-order valence-corrected chi connectivity index (χ3v) is 4.98. The van der Waals surface area contributed by atoms with E-state index in [-0.39, 0.29) is 5.82 Å². The minimum Gasteiger partial charge on any atom is -0.309 e. The average Bonchev–Trinajstić information content (AvgIpc) is 2.70. The van der Waals surface area contributed by atoms with Crippen LogP contribution in [0.3, 0.4) is 0 Å². The van der Waals surface area contributed by atoms with Crippen LogP contribution < -0.4 is 5.32 Å². The molecule has 0 bridgehead atoms. The largest absolute Gasteiger partial charge is 0.309 e. The van der Waals surface area contributed by atoms with E-state index < -0.39 is 0 Å². The summed E-state index contributed by atoms with van der Waals surface area (Å²) in [5.41, 5.74) is 6.79. The number of benzene rings is 2. The van der Waals surface area contributed by atoms with Gasteiger partial charge in [-0.05, 0) is 73.7 Å². The van der Waals surface area contributed by atoms with Crippen molar-refractivity contribution < 1.29 is 4.39 Å². The van der Waals surface area contributed by atoms with Gasteiger partial charge in [0.25, 0.3) is 0 Å². The molecule has 30 heavy (non-hydrogen) atoms. The Kier molecular flexibility index (Phi) is 5.27. The quantitative estimate of drug-likeness (QED) is 0.424. The normalized spacial score (nSPS) is 11.4. The molecule has 1 N–H and O–H groups in total. The van der Waals surface area contributed by atoms with E-state index in [9.17, 15) is 4.39 Å². The van der Waals surface area contributed by atoms with Gasteiger partial charge in [0.15, 0.2) is 0 Å². The lowest BCUT2D eigenvalue weighted by molar-refractivity contribution is 0.630. The van der Waals surface area contributed by atoms with Crippen LogP contribution in [0.15, 0.2) is 54.9 Å². The topological polar surface area (TPSA) is 50.7 Å². The first-order chi connectivity index (χ1) is 14.4. The number of halogens is 1. The summed E-state index contributed by atoms with van der Waals surface area (Å²) >= 11 is 0. The van der Waals surface area contributed by atoms with Gasteiger partial charge < -0.3 is 5.32 Å². The van der Waals surface area contributed by atoms with Gasteiger partial charge in [-0.25, -0.2) is 19.3 Å². The highest BCUT2D eigenvalue weighted by molar-refractivity contribution is 5.95. The fraction of sp³-hybridized carbons (Fsp3) is 0.160. The summed E-state index contributed by atoms with van der Waals surface area (Å²) in [6, 6.07) is 11.1. The predicted octanol–water partition coefficient (Wildman–Crippen LogP) is 6.53. The third-order valence-electron chi connectivity index (χ3n) is 4.98. The summed E-state index contributed by atoms with van der Waals surface area (Å²) in [6.07, 6.45) is 7.50. The van der Waals surface area contributed by atoms with Gasteiger partial charge in [-0.15, -0.1) is 0 Å². The van der Waals surface area contributed by atoms with Crippen molar-refractivity contribution in [2.75, 3.05) is 5.32 Å². The minimum atomic E-state index is -0.307. The summed E-state index contributed by atoms with van der Waals surface area (Å²) in [4.78, 5) is 13.4. The van der Waals surface area contributed by atoms with Crippen molar-refractivity contribution in [2.24, 2.45) is 0 Å². The molecular weight excluding hydrogens is 375 g/mol. The van der Waals surface area contributed by atoms with E-state index >= 15 is 0 Å². The first-order valence-corrected chi connectivity index (χ1v) is 9.85. The summed E-state index contributed by atoms with van der Waals surface area (Å²) in [5.74, 6) is 0.776. The molecule has 2 aromatic carbocycles. The van der Waals surface area contributed by atoms with Crippen molar-refractivity contribution >= 4 is 28.7 Å². The van der Waals surface area contributed by atoms with Gasteiger partial charge in [0.2, 0.25) is 5.95 Å². The van der Waals surface area contributed by atoms with Crippen molar-refractivity contribution in [1.82, 2.24) is 15.0 Å². The zero-order valence-corrected chi connectivity index (χ0v) is 17.5. The first kappa shape index (κ1) is 19.7. The van der Waals surface area contributed by atoms with Crippen LogP contribution in [0.5, 0.6) is 0 Å². The lowest BCUT2D eigenvalue weighted by Gasteiger charge is -2.15. The Bertz CT molecular complexity index is 1240. The number of hydrogen-bond donors (Lipinski definition) is 1. The van der Waals surface area contributed by atoms with Crippen LogP contribution in [-0.2, 0) is 0 Å². The fourth-order valence-electron chi connectivity index (χ4n) is 3.73. The van der Waals surface area contributed by atoms with Crippen molar-refractivity contribution in [3.63, 3.8) is 0 Å². The van der Waals surface area contributed by atoms with Gasteiger partial charge in [0.1, 0.15) is 11.6 Å². The van der Waals surface area contributed by atoms with Crippen LogP contribution in [0.1, 0.15) is 29.2 Å². The number of aromatic nitrogens is 3. The molecule has 0 spiro atoms. The Balaban J connectivity index is 1.86. The Morgan fingerprint density at radius 2 is 1.70 bits per heavy atom. The Morgan fingerprint density at radius 3 is 2.37 bits per heavy atom. The average molecular weight is 398 g/mol. The molecule has 0 radical (unpaired) electrons. The van der Waals surface area contributed by atoms with Crippen LogP contribution in [0.25, 0.3) is 28.1 Å². The minimum absolute atomic E-state index is 0.307. The van der Waals surface area contributed by atoms with Crippen LogP contribution in [0.2, 0.25) is 0 Å². The van der Waals surface area contributed by atoms with E-state index in [4.69, 9.17) is 4.98 Å². The molecule has 0 aliphatic rings. The van der Waals surface area contributed by atoms with Crippen LogP contribution in [0, 0.1) is 26.6 Å². The Labute approximate surface area is 175 Å². The van der Waals surface area contributed by atoms with E-state index in [0.29, 0.717) is 22.7 Å². The number of pyridine rings is 1. The van der Waals surface area contributed by atoms with Gasteiger partial charge in [-0.2, -0.15) is 0 Å². The summed E-state index contributed by atoms with van der Waals surface area (Å²) in [6.45, 7) is 8.06. The maximum atomic E-state index is 14.4. The molecule has 0 fully saturated rings. The standard InChI is InChI=1S/C25H23FN4/c1-5-6-18-9-16(3)23(17(4)10-18)21-12-20(26)11-19-14-28-25(30-24(19)21)29-22-8-7-15(2)13-27-22/h5-14H,1-4H3,(H,27,28,29,30)/b6-5+. The molecule has 2 heterocycles. The second-order valence-corrected chi connectivity index (χ2v) is 7.46. The summed E-state index contributed by atoms with van der Waals surface area (Å²) in [5, 5.41) is 3.79. The number of nitrogens with one attached hydrogen (secondary N) is 1. The molecular formula is C25H23FN4. The van der Waals surface area contributed by atoms with Gasteiger partial charge in [0, 0.05) is 23.3 Å². The van der Waals surface area contributed by atoms with Crippen LogP contribution in [0.4, 0.5) is 16.2 Å². The summed E-state index contributed by atoms with van der Waals surface area (Å²) in [7, 11) is 0. The van der Waals surface area contributed by atoms with E-state index in [1.165, 1.54) is 6.07 Å². The molecule has 0 saturated carbocycles. The SMILES string of the molecule is C/C=C/c1cc(C)c(-c2cc(F)cc3cnc(Nc4ccc(C)cn4)nc23)c(C)c1. The molecule has 0 aliphatic carbocycles. The van der Waals surface area contributed by atoms with Gasteiger partial charge >= 0.3 is 0 Å². The van der Waals surface area contributed by atoms with E-state index in [1.807, 2.05) is 45.9 Å². The zero-order valence-electron chi connectivity index (χ0n) is 17.5. The number of rotatable bonds is 4. The smallest absolute Gasteiger partial charge is 0.228 e. The number of anilines is 2. The van der Waals surface area contributed by atoms with Gasteiger partial charge in [-0.1, -0.05) is 30.4 Å². The molecule has 150 valence electrons. The van der Waals surface area contributed by atoms with Gasteiger partial charge in [-0.3, -0.25) is 0 Å². The highest BCUT2D eigenvalue weighted by Gasteiger charge is 2.15. The zero-order chi connectivity index (χ0) is 21.3. The Morgan fingerprint density at radius 1 is 0.933 bits per heavy atom. The fourth-order valence-corrected chi connectivity index (χ4v) is 3.73. The van der Waals surface area contributed by atoms with Crippen molar-refractivity contribution in [2.45, 2.75) is 27.7 Å². The molecule has 0 saturated heterocycles. The van der Waals surface area contributed by atoms with E-state index in [2.05, 4.69) is 33.5 Å². The number of nitrogens with zero attached hydrogens (tertiary/aromatic N) is 3. The van der Waals surface area contributed by atoms with E-state index in [1.54, 1.807) is 18.5 Å². The number of fused-ring (bicyclic) bond motifs is 1. The molecule has 0 aliphatic heterocycles. The molecule has 4 rings (SSSR count). The number of hydrogen-bond acceptors (Lipinski definition) is 4. The van der Waals surface area contributed by atoms with Crippen molar-refractivity contribution in [3.05, 3.63) is 82.9 Å². The predicted molar refractivity (Wildman–Crippen MR) is 121 cm³/mol. The molecule has 0 atom stereocenters. The molecule has 2 aromatic heterocycles. The molecule has 4 nitrogen and oxygen atoms in total. The second kappa shape index (κ2) is 8.03. The molecule has 5 heteroatoms. The number of allylic oxidation sites excluding steroid dienone is 1.